The van der Waals surface area contributed by atoms with Gasteiger partial charge in [-0.15, -0.1) is 0 Å². The van der Waals surface area contributed by atoms with E-state index in [4.69, 9.17) is 9.84 Å². The van der Waals surface area contributed by atoms with Crippen molar-refractivity contribution in [1.82, 2.24) is 5.32 Å². The van der Waals surface area contributed by atoms with Gasteiger partial charge in [-0.05, 0) is 30.5 Å². The van der Waals surface area contributed by atoms with E-state index in [1.54, 1.807) is 12.1 Å². The number of carbonyl (C=O) groups is 2. The van der Waals surface area contributed by atoms with Crippen molar-refractivity contribution in [2.24, 2.45) is 0 Å². The third kappa shape index (κ3) is 5.42. The lowest BCUT2D eigenvalue weighted by atomic mass is 10.0. The van der Waals surface area contributed by atoms with Crippen LogP contribution in [0.5, 0.6) is 0 Å². The van der Waals surface area contributed by atoms with Crippen molar-refractivity contribution in [3.63, 3.8) is 0 Å². The van der Waals surface area contributed by atoms with Crippen molar-refractivity contribution in [2.75, 3.05) is 6.61 Å². The fraction of sp³-hybridized carbons (Fsp3) is 0.500. The van der Waals surface area contributed by atoms with Crippen molar-refractivity contribution in [2.45, 2.75) is 44.2 Å². The number of hydrogen-bond donors (Lipinski definition) is 2. The summed E-state index contributed by atoms with van der Waals surface area (Å²) in [7, 11) is 0. The van der Waals surface area contributed by atoms with Gasteiger partial charge < -0.3 is 15.2 Å². The summed E-state index contributed by atoms with van der Waals surface area (Å²) >= 11 is 3.34. The zero-order valence-electron chi connectivity index (χ0n) is 12.3. The van der Waals surface area contributed by atoms with E-state index >= 15 is 0 Å². The van der Waals surface area contributed by atoms with Crippen LogP contribution in [0, 0.1) is 0 Å². The fourth-order valence-corrected chi connectivity index (χ4v) is 2.87. The second kappa shape index (κ2) is 8.29. The van der Waals surface area contributed by atoms with Gasteiger partial charge in [0, 0.05) is 4.47 Å². The molecule has 1 unspecified atom stereocenters. The SMILES string of the molecule is O=C(O)CC(NC(=O)COC1CCCC1)c1ccc(Br)cc1. The summed E-state index contributed by atoms with van der Waals surface area (Å²) in [5.41, 5.74) is 0.764. The van der Waals surface area contributed by atoms with E-state index in [0.29, 0.717) is 0 Å². The van der Waals surface area contributed by atoms with Crippen LogP contribution in [0.25, 0.3) is 0 Å². The zero-order chi connectivity index (χ0) is 15.9. The van der Waals surface area contributed by atoms with Crippen LogP contribution in [0.2, 0.25) is 0 Å². The van der Waals surface area contributed by atoms with Gasteiger partial charge in [-0.1, -0.05) is 40.9 Å². The van der Waals surface area contributed by atoms with Crippen molar-refractivity contribution in [3.05, 3.63) is 34.3 Å². The first kappa shape index (κ1) is 17.0. The topological polar surface area (TPSA) is 75.6 Å². The highest BCUT2D eigenvalue weighted by Crippen LogP contribution is 2.22. The Morgan fingerprint density at radius 2 is 1.91 bits per heavy atom. The van der Waals surface area contributed by atoms with Gasteiger partial charge in [-0.3, -0.25) is 9.59 Å². The van der Waals surface area contributed by atoms with E-state index in [0.717, 1.165) is 35.7 Å². The summed E-state index contributed by atoms with van der Waals surface area (Å²) in [6, 6.07) is 6.70. The number of nitrogens with one attached hydrogen (secondary N) is 1. The largest absolute Gasteiger partial charge is 0.481 e. The van der Waals surface area contributed by atoms with Crippen molar-refractivity contribution in [1.29, 1.82) is 0 Å². The van der Waals surface area contributed by atoms with Crippen LogP contribution >= 0.6 is 15.9 Å². The predicted molar refractivity (Wildman–Crippen MR) is 85.5 cm³/mol. The predicted octanol–water partition coefficient (Wildman–Crippen LogP) is 3.04. The summed E-state index contributed by atoms with van der Waals surface area (Å²) in [5.74, 6) is -1.23. The number of ether oxygens (including phenoxy) is 1. The van der Waals surface area contributed by atoms with Crippen molar-refractivity contribution in [3.8, 4) is 0 Å². The van der Waals surface area contributed by atoms with Gasteiger partial charge in [0.1, 0.15) is 6.61 Å². The summed E-state index contributed by atoms with van der Waals surface area (Å²) < 4.78 is 6.46. The van der Waals surface area contributed by atoms with Crippen LogP contribution in [-0.2, 0) is 14.3 Å². The van der Waals surface area contributed by atoms with E-state index in [9.17, 15) is 9.59 Å². The molecule has 0 saturated heterocycles. The quantitative estimate of drug-likeness (QED) is 0.774. The van der Waals surface area contributed by atoms with Crippen LogP contribution in [-0.4, -0.2) is 29.7 Å². The average molecular weight is 370 g/mol. The Kier molecular flexibility index (Phi) is 6.39. The standard InChI is InChI=1S/C16H20BrNO4/c17-12-7-5-11(6-8-12)14(9-16(20)21)18-15(19)10-22-13-3-1-2-4-13/h5-8,13-14H,1-4,9-10H2,(H,18,19)(H,20,21). The molecule has 5 nitrogen and oxygen atoms in total. The van der Waals surface area contributed by atoms with E-state index in [1.807, 2.05) is 12.1 Å². The minimum atomic E-state index is -0.954. The van der Waals surface area contributed by atoms with Crippen LogP contribution in [0.3, 0.4) is 0 Å². The number of aliphatic carboxylic acids is 1. The Morgan fingerprint density at radius 1 is 1.27 bits per heavy atom. The van der Waals surface area contributed by atoms with E-state index in [-0.39, 0.29) is 25.0 Å². The highest BCUT2D eigenvalue weighted by molar-refractivity contribution is 9.10. The smallest absolute Gasteiger partial charge is 0.305 e. The Bertz CT molecular complexity index is 511. The number of rotatable bonds is 7. The van der Waals surface area contributed by atoms with Crippen LogP contribution < -0.4 is 5.32 Å². The zero-order valence-corrected chi connectivity index (χ0v) is 13.8. The van der Waals surface area contributed by atoms with Gasteiger partial charge in [-0.25, -0.2) is 0 Å². The summed E-state index contributed by atoms with van der Waals surface area (Å²) in [4.78, 5) is 23.0. The molecular formula is C16H20BrNO4. The molecule has 0 radical (unpaired) electrons. The van der Waals surface area contributed by atoms with E-state index < -0.39 is 12.0 Å². The number of carboxylic acids is 1. The van der Waals surface area contributed by atoms with Crippen LogP contribution in [0.4, 0.5) is 0 Å². The van der Waals surface area contributed by atoms with Gasteiger partial charge in [0.2, 0.25) is 5.91 Å². The maximum atomic E-state index is 12.0. The molecule has 2 rings (SSSR count). The second-order valence-electron chi connectivity index (χ2n) is 5.49. The minimum Gasteiger partial charge on any atom is -0.481 e. The normalized spacial score (nSPS) is 16.4. The number of benzene rings is 1. The molecule has 1 aromatic carbocycles. The van der Waals surface area contributed by atoms with Gasteiger partial charge >= 0.3 is 5.97 Å². The molecule has 1 fully saturated rings. The molecule has 0 spiro atoms. The molecule has 22 heavy (non-hydrogen) atoms. The van der Waals surface area contributed by atoms with Gasteiger partial charge in [-0.2, -0.15) is 0 Å². The lowest BCUT2D eigenvalue weighted by molar-refractivity contribution is -0.138. The molecule has 0 aliphatic heterocycles. The Morgan fingerprint density at radius 3 is 2.50 bits per heavy atom. The average Bonchev–Trinajstić information content (AvgIpc) is 2.98. The molecule has 1 amide bonds. The number of carbonyl (C=O) groups excluding carboxylic acids is 1. The Labute approximate surface area is 138 Å². The maximum absolute atomic E-state index is 12.0. The highest BCUT2D eigenvalue weighted by atomic mass is 79.9. The van der Waals surface area contributed by atoms with Crippen molar-refractivity contribution < 1.29 is 19.4 Å². The number of halogens is 1. The first-order valence-corrected chi connectivity index (χ1v) is 8.22. The summed E-state index contributed by atoms with van der Waals surface area (Å²) in [6.07, 6.45) is 4.30. The highest BCUT2D eigenvalue weighted by Gasteiger charge is 2.20. The first-order valence-electron chi connectivity index (χ1n) is 7.43. The molecule has 0 bridgehead atoms. The van der Waals surface area contributed by atoms with Crippen molar-refractivity contribution >= 4 is 27.8 Å². The molecule has 1 aliphatic carbocycles. The van der Waals surface area contributed by atoms with Gasteiger partial charge in [0.05, 0.1) is 18.6 Å². The molecule has 1 aliphatic rings. The second-order valence-corrected chi connectivity index (χ2v) is 6.40. The molecule has 0 heterocycles. The Hall–Kier alpha value is -1.40. The van der Waals surface area contributed by atoms with E-state index in [1.165, 1.54) is 0 Å². The first-order chi connectivity index (χ1) is 10.5. The number of carboxylic acid groups (broad SMARTS) is 1. The minimum absolute atomic E-state index is 0.0166. The van der Waals surface area contributed by atoms with Crippen LogP contribution in [0.15, 0.2) is 28.7 Å². The summed E-state index contributed by atoms with van der Waals surface area (Å²) in [5, 5.41) is 11.8. The molecule has 2 N–H and O–H groups in total. The Balaban J connectivity index is 1.91. The fourth-order valence-electron chi connectivity index (χ4n) is 2.61. The molecular weight excluding hydrogens is 350 g/mol. The maximum Gasteiger partial charge on any atom is 0.305 e. The van der Waals surface area contributed by atoms with Gasteiger partial charge in [0.25, 0.3) is 0 Å². The molecule has 120 valence electrons. The van der Waals surface area contributed by atoms with Crippen LogP contribution in [0.1, 0.15) is 43.7 Å². The molecule has 1 aromatic rings. The van der Waals surface area contributed by atoms with Gasteiger partial charge in [0.15, 0.2) is 0 Å². The number of hydrogen-bond acceptors (Lipinski definition) is 3. The lowest BCUT2D eigenvalue weighted by Crippen LogP contribution is -2.34. The molecule has 6 heteroatoms. The number of amides is 1. The van der Waals surface area contributed by atoms with E-state index in [2.05, 4.69) is 21.2 Å². The lowest BCUT2D eigenvalue weighted by Gasteiger charge is -2.18. The third-order valence-corrected chi connectivity index (χ3v) is 4.27. The molecule has 1 atom stereocenters. The molecule has 0 aromatic heterocycles. The summed E-state index contributed by atoms with van der Waals surface area (Å²) in [6.45, 7) is -0.0166. The monoisotopic (exact) mass is 369 g/mol. The molecule has 1 saturated carbocycles. The third-order valence-electron chi connectivity index (χ3n) is 3.74.